The van der Waals surface area contributed by atoms with Gasteiger partial charge in [0.2, 0.25) is 0 Å². The predicted molar refractivity (Wildman–Crippen MR) is 88.3 cm³/mol. The van der Waals surface area contributed by atoms with Crippen LogP contribution in [0.4, 0.5) is 0 Å². The summed E-state index contributed by atoms with van der Waals surface area (Å²) in [4.78, 5) is 0. The number of nitrogens with one attached hydrogen (secondary N) is 1. The first-order valence-corrected chi connectivity index (χ1v) is 7.74. The maximum Gasteiger partial charge on any atom is 0.0661 e. The smallest absolute Gasteiger partial charge is 0.0661 e. The Kier molecular flexibility index (Phi) is 5.97. The highest BCUT2D eigenvalue weighted by atomic mass is 16.2. The zero-order valence-corrected chi connectivity index (χ0v) is 12.8. The monoisotopic (exact) mass is 283 g/mol. The van der Waals surface area contributed by atoms with Gasteiger partial charge in [0, 0.05) is 6.61 Å². The summed E-state index contributed by atoms with van der Waals surface area (Å²) in [5.74, 6) is 0. The molecule has 0 radical (unpaired) electrons. The highest BCUT2D eigenvalue weighted by Crippen LogP contribution is 2.29. The molecule has 21 heavy (non-hydrogen) atoms. The average molecular weight is 283 g/mol. The second-order valence-electron chi connectivity index (χ2n) is 5.57. The molecule has 0 aliphatic heterocycles. The van der Waals surface area contributed by atoms with Crippen LogP contribution in [0.1, 0.15) is 37.3 Å². The van der Waals surface area contributed by atoms with Crippen LogP contribution in [0.2, 0.25) is 0 Å². The van der Waals surface area contributed by atoms with Gasteiger partial charge in [-0.2, -0.15) is 0 Å². The predicted octanol–water partition coefficient (Wildman–Crippen LogP) is 3.70. The second kappa shape index (κ2) is 7.96. The van der Waals surface area contributed by atoms with Crippen LogP contribution in [-0.2, 0) is 5.54 Å². The SMILES string of the molecule is CC(NCCCCCO)(c1ccccc1)c1ccccc1. The summed E-state index contributed by atoms with van der Waals surface area (Å²) in [5.41, 5.74) is 2.37. The van der Waals surface area contributed by atoms with Crippen LogP contribution in [0.25, 0.3) is 0 Å². The molecule has 0 bridgehead atoms. The van der Waals surface area contributed by atoms with E-state index in [-0.39, 0.29) is 12.1 Å². The van der Waals surface area contributed by atoms with Gasteiger partial charge >= 0.3 is 0 Å². The number of benzene rings is 2. The molecule has 0 amide bonds. The second-order valence-corrected chi connectivity index (χ2v) is 5.57. The first-order valence-electron chi connectivity index (χ1n) is 7.74. The Morgan fingerprint density at radius 3 is 1.81 bits per heavy atom. The molecule has 2 aromatic carbocycles. The van der Waals surface area contributed by atoms with Gasteiger partial charge < -0.3 is 10.4 Å². The lowest BCUT2D eigenvalue weighted by atomic mass is 9.84. The van der Waals surface area contributed by atoms with Gasteiger partial charge in [-0.25, -0.2) is 0 Å². The summed E-state index contributed by atoms with van der Waals surface area (Å²) < 4.78 is 0. The quantitative estimate of drug-likeness (QED) is 0.724. The van der Waals surface area contributed by atoms with Gasteiger partial charge in [-0.05, 0) is 43.9 Å². The molecule has 2 N–H and O–H groups in total. The maximum absolute atomic E-state index is 8.86. The summed E-state index contributed by atoms with van der Waals surface area (Å²) in [6.07, 6.45) is 3.02. The van der Waals surface area contributed by atoms with Gasteiger partial charge in [0.15, 0.2) is 0 Å². The molecule has 2 aromatic rings. The molecule has 0 spiro atoms. The number of rotatable bonds is 8. The lowest BCUT2D eigenvalue weighted by Crippen LogP contribution is -2.41. The minimum atomic E-state index is -0.179. The topological polar surface area (TPSA) is 32.3 Å². The summed E-state index contributed by atoms with van der Waals surface area (Å²) in [7, 11) is 0. The van der Waals surface area contributed by atoms with Crippen LogP contribution in [0.5, 0.6) is 0 Å². The summed E-state index contributed by atoms with van der Waals surface area (Å²) in [6, 6.07) is 21.1. The molecule has 0 saturated heterocycles. The van der Waals surface area contributed by atoms with E-state index < -0.39 is 0 Å². The largest absolute Gasteiger partial charge is 0.396 e. The number of aliphatic hydroxyl groups excluding tert-OH is 1. The Labute approximate surface area is 127 Å². The Balaban J connectivity index is 2.15. The first-order chi connectivity index (χ1) is 10.3. The van der Waals surface area contributed by atoms with E-state index in [1.165, 1.54) is 11.1 Å². The third kappa shape index (κ3) is 4.16. The Hall–Kier alpha value is -1.64. The molecule has 0 heterocycles. The van der Waals surface area contributed by atoms with Gasteiger partial charge in [0.05, 0.1) is 5.54 Å². The van der Waals surface area contributed by atoms with Crippen molar-refractivity contribution in [2.75, 3.05) is 13.2 Å². The van der Waals surface area contributed by atoms with E-state index in [9.17, 15) is 0 Å². The third-order valence-corrected chi connectivity index (χ3v) is 4.02. The molecule has 0 unspecified atom stereocenters. The van der Waals surface area contributed by atoms with Crippen molar-refractivity contribution in [1.82, 2.24) is 5.32 Å². The van der Waals surface area contributed by atoms with Crippen LogP contribution in [0, 0.1) is 0 Å². The summed E-state index contributed by atoms with van der Waals surface area (Å²) >= 11 is 0. The Morgan fingerprint density at radius 1 is 0.810 bits per heavy atom. The van der Waals surface area contributed by atoms with E-state index in [1.54, 1.807) is 0 Å². The van der Waals surface area contributed by atoms with Crippen molar-refractivity contribution in [1.29, 1.82) is 0 Å². The van der Waals surface area contributed by atoms with E-state index in [0.717, 1.165) is 25.8 Å². The van der Waals surface area contributed by atoms with Crippen molar-refractivity contribution in [3.8, 4) is 0 Å². The zero-order valence-electron chi connectivity index (χ0n) is 12.8. The fourth-order valence-corrected chi connectivity index (χ4v) is 2.67. The molecule has 0 atom stereocenters. The van der Waals surface area contributed by atoms with E-state index in [2.05, 4.69) is 72.9 Å². The van der Waals surface area contributed by atoms with Crippen LogP contribution in [0.15, 0.2) is 60.7 Å². The number of unbranched alkanes of at least 4 members (excludes halogenated alkanes) is 2. The molecule has 2 rings (SSSR count). The van der Waals surface area contributed by atoms with Gasteiger partial charge in [-0.1, -0.05) is 60.7 Å². The average Bonchev–Trinajstić information content (AvgIpc) is 2.56. The standard InChI is InChI=1S/C19H25NO/c1-19(17-11-5-2-6-12-17,18-13-7-3-8-14-18)20-15-9-4-10-16-21/h2-3,5-8,11-14,20-21H,4,9-10,15-16H2,1H3. The molecule has 2 heteroatoms. The van der Waals surface area contributed by atoms with E-state index in [4.69, 9.17) is 5.11 Å². The Bertz CT molecular complexity index is 470. The molecule has 0 aliphatic carbocycles. The molecule has 0 aliphatic rings. The van der Waals surface area contributed by atoms with Gasteiger partial charge in [-0.3, -0.25) is 0 Å². The highest BCUT2D eigenvalue weighted by Gasteiger charge is 2.27. The molecule has 0 fully saturated rings. The van der Waals surface area contributed by atoms with Gasteiger partial charge in [0.25, 0.3) is 0 Å². The molecule has 0 saturated carbocycles. The number of hydrogen-bond acceptors (Lipinski definition) is 2. The van der Waals surface area contributed by atoms with Crippen LogP contribution >= 0.6 is 0 Å². The molecule has 0 aromatic heterocycles. The van der Waals surface area contributed by atoms with Gasteiger partial charge in [-0.15, -0.1) is 0 Å². The summed E-state index contributed by atoms with van der Waals surface area (Å²) in [6.45, 7) is 3.47. The van der Waals surface area contributed by atoms with Crippen molar-refractivity contribution in [2.45, 2.75) is 31.7 Å². The maximum atomic E-state index is 8.86. The first kappa shape index (κ1) is 15.7. The Morgan fingerprint density at radius 2 is 1.33 bits per heavy atom. The highest BCUT2D eigenvalue weighted by molar-refractivity contribution is 5.37. The normalized spacial score (nSPS) is 11.5. The molecule has 112 valence electrons. The fraction of sp³-hybridized carbons (Fsp3) is 0.368. The molecular formula is C19H25NO. The summed E-state index contributed by atoms with van der Waals surface area (Å²) in [5, 5.41) is 12.6. The van der Waals surface area contributed by atoms with E-state index in [0.29, 0.717) is 0 Å². The minimum absolute atomic E-state index is 0.179. The van der Waals surface area contributed by atoms with E-state index >= 15 is 0 Å². The number of aliphatic hydroxyl groups is 1. The third-order valence-electron chi connectivity index (χ3n) is 4.02. The molecular weight excluding hydrogens is 258 g/mol. The van der Waals surface area contributed by atoms with Crippen molar-refractivity contribution in [2.24, 2.45) is 0 Å². The van der Waals surface area contributed by atoms with Crippen molar-refractivity contribution < 1.29 is 5.11 Å². The zero-order chi connectivity index (χ0) is 15.0. The van der Waals surface area contributed by atoms with Crippen molar-refractivity contribution >= 4 is 0 Å². The lowest BCUT2D eigenvalue weighted by Gasteiger charge is -2.32. The van der Waals surface area contributed by atoms with Gasteiger partial charge in [0.1, 0.15) is 0 Å². The lowest BCUT2D eigenvalue weighted by molar-refractivity contribution is 0.281. The van der Waals surface area contributed by atoms with Crippen LogP contribution < -0.4 is 5.32 Å². The van der Waals surface area contributed by atoms with Crippen molar-refractivity contribution in [3.05, 3.63) is 71.8 Å². The fourth-order valence-electron chi connectivity index (χ4n) is 2.67. The van der Waals surface area contributed by atoms with E-state index in [1.807, 2.05) is 0 Å². The van der Waals surface area contributed by atoms with Crippen LogP contribution in [-0.4, -0.2) is 18.3 Å². The van der Waals surface area contributed by atoms with Crippen LogP contribution in [0.3, 0.4) is 0 Å². The minimum Gasteiger partial charge on any atom is -0.396 e. The molecule has 2 nitrogen and oxygen atoms in total. The number of hydrogen-bond donors (Lipinski definition) is 2. The van der Waals surface area contributed by atoms with Crippen molar-refractivity contribution in [3.63, 3.8) is 0 Å².